The quantitative estimate of drug-likeness (QED) is 0.592. The van der Waals surface area contributed by atoms with E-state index in [0.717, 1.165) is 29.9 Å². The van der Waals surface area contributed by atoms with Gasteiger partial charge in [-0.05, 0) is 12.8 Å². The molecule has 1 aromatic rings. The van der Waals surface area contributed by atoms with E-state index >= 15 is 0 Å². The van der Waals surface area contributed by atoms with Gasteiger partial charge >= 0.3 is 4.87 Å². The van der Waals surface area contributed by atoms with Crippen LogP contribution in [0.3, 0.4) is 0 Å². The van der Waals surface area contributed by atoms with Crippen LogP contribution in [-0.4, -0.2) is 16.8 Å². The Labute approximate surface area is 96.7 Å². The van der Waals surface area contributed by atoms with Gasteiger partial charge in [-0.1, -0.05) is 11.3 Å². The Kier molecular flexibility index (Phi) is 5.42. The van der Waals surface area contributed by atoms with E-state index in [4.69, 9.17) is 11.6 Å². The first kappa shape index (κ1) is 12.3. The molecule has 1 rings (SSSR count). The van der Waals surface area contributed by atoms with Crippen molar-refractivity contribution in [1.29, 1.82) is 0 Å². The molecule has 0 aliphatic carbocycles. The van der Waals surface area contributed by atoms with Crippen molar-refractivity contribution in [3.8, 4) is 0 Å². The minimum Gasteiger partial charge on any atom is -0.351 e. The molecule has 0 aromatic carbocycles. The van der Waals surface area contributed by atoms with Crippen molar-refractivity contribution in [1.82, 2.24) is 10.3 Å². The van der Waals surface area contributed by atoms with Crippen molar-refractivity contribution < 1.29 is 4.79 Å². The Morgan fingerprint density at radius 1 is 1.53 bits per heavy atom. The van der Waals surface area contributed by atoms with Crippen LogP contribution in [0, 0.1) is 0 Å². The summed E-state index contributed by atoms with van der Waals surface area (Å²) in [6.07, 6.45) is 2.14. The first-order valence-corrected chi connectivity index (χ1v) is 6.13. The number of alkyl halides is 1. The number of carbonyl (C=O) groups excluding carboxylic acids is 1. The largest absolute Gasteiger partial charge is 0.351 e. The van der Waals surface area contributed by atoms with Crippen LogP contribution in [0.5, 0.6) is 0 Å². The number of nitrogens with one attached hydrogen (secondary N) is 2. The lowest BCUT2D eigenvalue weighted by atomic mass is 10.2. The van der Waals surface area contributed by atoms with Gasteiger partial charge in [0.05, 0.1) is 6.54 Å². The molecule has 0 aliphatic heterocycles. The molecule has 1 aromatic heterocycles. The molecular formula is C9H13ClN2O2S. The van der Waals surface area contributed by atoms with E-state index in [-0.39, 0.29) is 10.8 Å². The summed E-state index contributed by atoms with van der Waals surface area (Å²) in [5.74, 6) is 0.581. The second kappa shape index (κ2) is 6.63. The molecule has 0 bridgehead atoms. The number of H-pyrrole nitrogens is 1. The summed E-state index contributed by atoms with van der Waals surface area (Å²) in [6, 6.07) is 0. The van der Waals surface area contributed by atoms with E-state index in [1.165, 1.54) is 0 Å². The number of rotatable bonds is 6. The highest BCUT2D eigenvalue weighted by atomic mass is 35.5. The first-order chi connectivity index (χ1) is 7.22. The normalized spacial score (nSPS) is 10.2. The highest BCUT2D eigenvalue weighted by Gasteiger charge is 2.01. The number of carbonyl (C=O) groups is 1. The van der Waals surface area contributed by atoms with E-state index in [1.54, 1.807) is 5.38 Å². The summed E-state index contributed by atoms with van der Waals surface area (Å²) >= 11 is 6.59. The molecule has 4 nitrogen and oxygen atoms in total. The Morgan fingerprint density at radius 3 is 2.93 bits per heavy atom. The van der Waals surface area contributed by atoms with Gasteiger partial charge in [-0.3, -0.25) is 9.59 Å². The summed E-state index contributed by atoms with van der Waals surface area (Å²) in [5, 5.41) is 4.44. The third-order valence-corrected chi connectivity index (χ3v) is 2.82. The molecule has 0 aliphatic rings. The second-order valence-electron chi connectivity index (χ2n) is 3.10. The van der Waals surface area contributed by atoms with Gasteiger partial charge in [-0.25, -0.2) is 0 Å². The molecule has 15 heavy (non-hydrogen) atoms. The fourth-order valence-electron chi connectivity index (χ4n) is 1.06. The van der Waals surface area contributed by atoms with Crippen LogP contribution in [0.2, 0.25) is 0 Å². The van der Waals surface area contributed by atoms with E-state index in [2.05, 4.69) is 10.3 Å². The maximum Gasteiger partial charge on any atom is 0.304 e. The molecule has 0 fully saturated rings. The summed E-state index contributed by atoms with van der Waals surface area (Å²) in [7, 11) is 0. The van der Waals surface area contributed by atoms with Gasteiger partial charge in [0.15, 0.2) is 0 Å². The maximum atomic E-state index is 11.3. The van der Waals surface area contributed by atoms with Gasteiger partial charge in [0.25, 0.3) is 0 Å². The summed E-state index contributed by atoms with van der Waals surface area (Å²) < 4.78 is 0. The molecule has 0 saturated heterocycles. The zero-order chi connectivity index (χ0) is 11.1. The lowest BCUT2D eigenvalue weighted by molar-refractivity contribution is -0.121. The Hall–Kier alpha value is -0.810. The molecule has 1 amide bonds. The van der Waals surface area contributed by atoms with Crippen LogP contribution in [0.4, 0.5) is 0 Å². The van der Waals surface area contributed by atoms with Crippen molar-refractivity contribution in [2.45, 2.75) is 25.8 Å². The number of unbranched alkanes of at least 4 members (excludes halogenated alkanes) is 1. The topological polar surface area (TPSA) is 62.0 Å². The average Bonchev–Trinajstić information content (AvgIpc) is 2.62. The zero-order valence-electron chi connectivity index (χ0n) is 8.22. The van der Waals surface area contributed by atoms with Gasteiger partial charge in [0, 0.05) is 23.4 Å². The lowest BCUT2D eigenvalue weighted by Gasteiger charge is -2.02. The smallest absolute Gasteiger partial charge is 0.304 e. The van der Waals surface area contributed by atoms with Crippen LogP contribution < -0.4 is 10.2 Å². The summed E-state index contributed by atoms with van der Waals surface area (Å²) in [4.78, 5) is 24.6. The predicted molar refractivity (Wildman–Crippen MR) is 61.4 cm³/mol. The standard InChI is InChI=1S/C9H13ClN2O2S/c10-4-2-1-3-8(13)11-5-7-6-15-9(14)12-7/h6H,1-5H2,(H,11,13)(H,12,14). The molecule has 1 heterocycles. The summed E-state index contributed by atoms with van der Waals surface area (Å²) in [5.41, 5.74) is 0.746. The fraction of sp³-hybridized carbons (Fsp3) is 0.556. The molecule has 0 unspecified atom stereocenters. The number of hydrogen-bond acceptors (Lipinski definition) is 3. The molecule has 6 heteroatoms. The van der Waals surface area contributed by atoms with Crippen molar-refractivity contribution in [2.75, 3.05) is 5.88 Å². The number of aromatic amines is 1. The van der Waals surface area contributed by atoms with Crippen LogP contribution in [-0.2, 0) is 11.3 Å². The van der Waals surface area contributed by atoms with E-state index < -0.39 is 0 Å². The number of thiazole rings is 1. The predicted octanol–water partition coefficient (Wildman–Crippen LogP) is 1.46. The van der Waals surface area contributed by atoms with Gasteiger partial charge < -0.3 is 10.3 Å². The minimum absolute atomic E-state index is 0.00725. The number of halogens is 1. The highest BCUT2D eigenvalue weighted by molar-refractivity contribution is 7.07. The van der Waals surface area contributed by atoms with Crippen LogP contribution in [0.25, 0.3) is 0 Å². The Morgan fingerprint density at radius 2 is 2.33 bits per heavy atom. The second-order valence-corrected chi connectivity index (χ2v) is 4.32. The fourth-order valence-corrected chi connectivity index (χ4v) is 1.83. The maximum absolute atomic E-state index is 11.3. The average molecular weight is 249 g/mol. The third kappa shape index (κ3) is 4.99. The van der Waals surface area contributed by atoms with Crippen LogP contribution >= 0.6 is 22.9 Å². The van der Waals surface area contributed by atoms with Crippen molar-refractivity contribution in [2.24, 2.45) is 0 Å². The van der Waals surface area contributed by atoms with Gasteiger partial charge in [-0.2, -0.15) is 0 Å². The molecule has 0 radical (unpaired) electrons. The van der Waals surface area contributed by atoms with Crippen LogP contribution in [0.15, 0.2) is 10.2 Å². The van der Waals surface area contributed by atoms with Crippen molar-refractivity contribution in [3.63, 3.8) is 0 Å². The number of amides is 1. The van der Waals surface area contributed by atoms with E-state index in [1.807, 2.05) is 0 Å². The minimum atomic E-state index is -0.0959. The molecular weight excluding hydrogens is 236 g/mol. The summed E-state index contributed by atoms with van der Waals surface area (Å²) in [6.45, 7) is 0.387. The third-order valence-electron chi connectivity index (χ3n) is 1.83. The highest BCUT2D eigenvalue weighted by Crippen LogP contribution is 1.98. The Bertz CT molecular complexity index is 361. The molecule has 0 saturated carbocycles. The SMILES string of the molecule is O=C(CCCCCl)NCc1csc(=O)[nH]1. The molecule has 84 valence electrons. The number of aromatic nitrogens is 1. The zero-order valence-corrected chi connectivity index (χ0v) is 9.79. The van der Waals surface area contributed by atoms with Gasteiger partial charge in [0.2, 0.25) is 5.91 Å². The molecule has 0 spiro atoms. The Balaban J connectivity index is 2.19. The van der Waals surface area contributed by atoms with Gasteiger partial charge in [0.1, 0.15) is 0 Å². The monoisotopic (exact) mass is 248 g/mol. The molecule has 0 atom stereocenters. The van der Waals surface area contributed by atoms with Gasteiger partial charge in [-0.15, -0.1) is 11.6 Å². The number of hydrogen-bond donors (Lipinski definition) is 2. The van der Waals surface area contributed by atoms with Crippen LogP contribution in [0.1, 0.15) is 25.0 Å². The van der Waals surface area contributed by atoms with Crippen molar-refractivity contribution >= 4 is 28.8 Å². The van der Waals surface area contributed by atoms with Crippen molar-refractivity contribution in [3.05, 3.63) is 20.7 Å². The van der Waals surface area contributed by atoms with E-state index in [0.29, 0.717) is 18.8 Å². The lowest BCUT2D eigenvalue weighted by Crippen LogP contribution is -2.22. The molecule has 2 N–H and O–H groups in total. The van der Waals surface area contributed by atoms with E-state index in [9.17, 15) is 9.59 Å². The first-order valence-electron chi connectivity index (χ1n) is 4.71.